The molecule has 0 atom stereocenters. The van der Waals surface area contributed by atoms with Gasteiger partial charge in [-0.1, -0.05) is 12.1 Å². The lowest BCUT2D eigenvalue weighted by atomic mass is 10.3. The van der Waals surface area contributed by atoms with E-state index in [-0.39, 0.29) is 5.24 Å². The highest BCUT2D eigenvalue weighted by molar-refractivity contribution is 8.18. The van der Waals surface area contributed by atoms with Crippen LogP contribution in [0.1, 0.15) is 5.76 Å². The summed E-state index contributed by atoms with van der Waals surface area (Å²) in [6.07, 6.45) is 1.56. The van der Waals surface area contributed by atoms with Gasteiger partial charge in [0.25, 0.3) is 11.1 Å². The lowest BCUT2D eigenvalue weighted by Gasteiger charge is -1.90. The van der Waals surface area contributed by atoms with E-state index in [4.69, 9.17) is 4.42 Å². The van der Waals surface area contributed by atoms with Crippen LogP contribution in [-0.4, -0.2) is 16.1 Å². The number of carbonyl (C=O) groups excluding carboxylic acids is 2. The molecule has 1 fully saturated rings. The van der Waals surface area contributed by atoms with E-state index in [2.05, 4.69) is 10.3 Å². The van der Waals surface area contributed by atoms with Gasteiger partial charge in [-0.05, 0) is 36.0 Å². The summed E-state index contributed by atoms with van der Waals surface area (Å²) in [5.41, 5.74) is 0.926. The number of hydrogen-bond acceptors (Lipinski definition) is 6. The number of rotatable bonds is 2. The molecule has 0 spiro atoms. The fourth-order valence-corrected chi connectivity index (χ4v) is 3.66. The van der Waals surface area contributed by atoms with Crippen molar-refractivity contribution in [3.8, 4) is 10.8 Å². The van der Waals surface area contributed by atoms with Crippen molar-refractivity contribution in [3.63, 3.8) is 0 Å². The molecule has 3 aromatic rings. The molecular weight excluding hydrogens is 320 g/mol. The number of thioether (sulfide) groups is 1. The molecule has 2 aromatic heterocycles. The molecule has 0 unspecified atom stereocenters. The minimum atomic E-state index is -0.395. The number of nitrogens with zero attached hydrogens (tertiary/aromatic N) is 1. The quantitative estimate of drug-likeness (QED) is 0.723. The summed E-state index contributed by atoms with van der Waals surface area (Å²) in [5, 5.41) is 2.62. The normalized spacial score (nSPS) is 16.6. The topological polar surface area (TPSA) is 72.2 Å². The van der Waals surface area contributed by atoms with E-state index < -0.39 is 5.91 Å². The molecule has 1 N–H and O–H groups in total. The Bertz CT molecular complexity index is 906. The van der Waals surface area contributed by atoms with Gasteiger partial charge in [-0.2, -0.15) is 0 Å². The first-order valence-electron chi connectivity index (χ1n) is 6.40. The van der Waals surface area contributed by atoms with Crippen LogP contribution in [0.4, 0.5) is 4.79 Å². The van der Waals surface area contributed by atoms with Gasteiger partial charge >= 0.3 is 0 Å². The van der Waals surface area contributed by atoms with Crippen LogP contribution in [0.2, 0.25) is 0 Å². The first kappa shape index (κ1) is 13.3. The molecule has 0 radical (unpaired) electrons. The molecule has 1 aromatic carbocycles. The second kappa shape index (κ2) is 5.11. The number of thiazole rings is 1. The van der Waals surface area contributed by atoms with E-state index >= 15 is 0 Å². The minimum Gasteiger partial charge on any atom is -0.454 e. The van der Waals surface area contributed by atoms with Crippen LogP contribution < -0.4 is 5.32 Å². The average molecular weight is 328 g/mol. The van der Waals surface area contributed by atoms with Gasteiger partial charge in [-0.25, -0.2) is 4.98 Å². The maximum absolute atomic E-state index is 11.5. The van der Waals surface area contributed by atoms with Gasteiger partial charge in [0.15, 0.2) is 10.8 Å². The largest absolute Gasteiger partial charge is 0.454 e. The van der Waals surface area contributed by atoms with E-state index in [1.165, 1.54) is 0 Å². The van der Waals surface area contributed by atoms with Gasteiger partial charge in [-0.15, -0.1) is 11.3 Å². The van der Waals surface area contributed by atoms with Crippen molar-refractivity contribution < 1.29 is 14.0 Å². The number of imide groups is 1. The Hall–Kier alpha value is -2.38. The Morgan fingerprint density at radius 2 is 2.00 bits per heavy atom. The Labute approximate surface area is 133 Å². The van der Waals surface area contributed by atoms with E-state index in [1.807, 2.05) is 30.3 Å². The molecule has 5 nitrogen and oxygen atoms in total. The Morgan fingerprint density at radius 1 is 1.14 bits per heavy atom. The maximum atomic E-state index is 11.5. The minimum absolute atomic E-state index is 0.329. The van der Waals surface area contributed by atoms with Crippen LogP contribution in [0.15, 0.2) is 45.7 Å². The molecule has 2 amide bonds. The number of fused-ring (bicyclic) bond motifs is 1. The van der Waals surface area contributed by atoms with E-state index in [0.29, 0.717) is 16.4 Å². The highest BCUT2D eigenvalue weighted by atomic mass is 32.2. The second-order valence-corrected chi connectivity index (χ2v) is 6.59. The predicted molar refractivity (Wildman–Crippen MR) is 86.4 cm³/mol. The molecular formula is C15H8N2O3S2. The summed E-state index contributed by atoms with van der Waals surface area (Å²) in [5.74, 6) is 0.761. The number of furan rings is 1. The highest BCUT2D eigenvalue weighted by Crippen LogP contribution is 2.32. The number of carbonyl (C=O) groups is 2. The lowest BCUT2D eigenvalue weighted by Crippen LogP contribution is -2.17. The second-order valence-electron chi connectivity index (χ2n) is 4.54. The number of amides is 2. The number of nitrogens with one attached hydrogen (secondary N) is 1. The predicted octanol–water partition coefficient (Wildman–Crippen LogP) is 3.88. The third-order valence-electron chi connectivity index (χ3n) is 3.05. The van der Waals surface area contributed by atoms with Crippen molar-refractivity contribution in [3.05, 3.63) is 47.1 Å². The van der Waals surface area contributed by atoms with Crippen molar-refractivity contribution in [1.29, 1.82) is 0 Å². The zero-order valence-electron chi connectivity index (χ0n) is 11.0. The number of hydrogen-bond donors (Lipinski definition) is 1. The van der Waals surface area contributed by atoms with Crippen molar-refractivity contribution in [2.75, 3.05) is 0 Å². The maximum Gasteiger partial charge on any atom is 0.290 e. The molecule has 0 saturated carbocycles. The molecule has 4 rings (SSSR count). The molecule has 1 aliphatic heterocycles. The average Bonchev–Trinajstić information content (AvgIpc) is 3.18. The van der Waals surface area contributed by atoms with Crippen molar-refractivity contribution in [1.82, 2.24) is 10.3 Å². The van der Waals surface area contributed by atoms with Gasteiger partial charge in [0, 0.05) is 6.08 Å². The molecule has 3 heterocycles. The molecule has 22 heavy (non-hydrogen) atoms. The van der Waals surface area contributed by atoms with E-state index in [9.17, 15) is 9.59 Å². The van der Waals surface area contributed by atoms with Crippen LogP contribution in [0.25, 0.3) is 27.1 Å². The molecule has 0 bridgehead atoms. The van der Waals surface area contributed by atoms with Gasteiger partial charge in [-0.3, -0.25) is 14.9 Å². The Balaban J connectivity index is 1.68. The lowest BCUT2D eigenvalue weighted by molar-refractivity contribution is -0.115. The smallest absolute Gasteiger partial charge is 0.290 e. The van der Waals surface area contributed by atoms with Crippen molar-refractivity contribution in [2.24, 2.45) is 0 Å². The summed E-state index contributed by atoms with van der Waals surface area (Å²) in [4.78, 5) is 27.5. The Kier molecular flexibility index (Phi) is 3.09. The summed E-state index contributed by atoms with van der Waals surface area (Å²) in [7, 11) is 0. The molecule has 1 saturated heterocycles. The van der Waals surface area contributed by atoms with E-state index in [1.54, 1.807) is 23.5 Å². The van der Waals surface area contributed by atoms with Gasteiger partial charge in [0.2, 0.25) is 0 Å². The molecule has 0 aliphatic carbocycles. The van der Waals surface area contributed by atoms with Crippen LogP contribution in [0, 0.1) is 0 Å². The molecule has 1 aliphatic rings. The highest BCUT2D eigenvalue weighted by Gasteiger charge is 2.25. The molecule has 108 valence electrons. The summed E-state index contributed by atoms with van der Waals surface area (Å²) < 4.78 is 6.80. The van der Waals surface area contributed by atoms with Crippen LogP contribution >= 0.6 is 23.1 Å². The zero-order valence-corrected chi connectivity index (χ0v) is 12.7. The third-order valence-corrected chi connectivity index (χ3v) is 4.91. The first-order chi connectivity index (χ1) is 10.7. The van der Waals surface area contributed by atoms with Crippen molar-refractivity contribution >= 4 is 50.5 Å². The monoisotopic (exact) mass is 328 g/mol. The number of benzene rings is 1. The van der Waals surface area contributed by atoms with Crippen LogP contribution in [0.5, 0.6) is 0 Å². The van der Waals surface area contributed by atoms with Crippen LogP contribution in [0.3, 0.4) is 0 Å². The zero-order chi connectivity index (χ0) is 15.1. The first-order valence-corrected chi connectivity index (χ1v) is 8.03. The molecule has 7 heteroatoms. The van der Waals surface area contributed by atoms with Crippen molar-refractivity contribution in [2.45, 2.75) is 0 Å². The third kappa shape index (κ3) is 2.34. The fourth-order valence-electron chi connectivity index (χ4n) is 2.07. The van der Waals surface area contributed by atoms with Crippen LogP contribution in [-0.2, 0) is 4.79 Å². The summed E-state index contributed by atoms with van der Waals surface area (Å²) in [6.45, 7) is 0. The van der Waals surface area contributed by atoms with Gasteiger partial charge in [0.05, 0.1) is 15.1 Å². The SMILES string of the molecule is O=C1NC(=O)/C(=C\c2ccc(-c3nc4ccccc4s3)o2)S1. The summed E-state index contributed by atoms with van der Waals surface area (Å²) in [6, 6.07) is 11.4. The Morgan fingerprint density at radius 3 is 2.77 bits per heavy atom. The summed E-state index contributed by atoms with van der Waals surface area (Å²) >= 11 is 2.41. The standard InChI is InChI=1S/C15H8N2O3S2/c18-13-12(22-15(19)17-13)7-8-5-6-10(20-8)14-16-9-3-1-2-4-11(9)21-14/h1-7H,(H,17,18,19)/b12-7+. The number of para-hydroxylation sites is 1. The van der Waals surface area contributed by atoms with E-state index in [0.717, 1.165) is 27.0 Å². The van der Waals surface area contributed by atoms with Gasteiger partial charge < -0.3 is 4.42 Å². The van der Waals surface area contributed by atoms with Gasteiger partial charge in [0.1, 0.15) is 5.76 Å². The number of aromatic nitrogens is 1. The fraction of sp³-hybridized carbons (Fsp3) is 0.